The fourth-order valence-electron chi connectivity index (χ4n) is 4.21. The first-order valence-corrected chi connectivity index (χ1v) is 8.36. The van der Waals surface area contributed by atoms with Crippen LogP contribution in [0.4, 0.5) is 0 Å². The maximum atomic E-state index is 12.5. The van der Waals surface area contributed by atoms with Crippen molar-refractivity contribution in [3.63, 3.8) is 0 Å². The summed E-state index contributed by atoms with van der Waals surface area (Å²) in [5.74, 6) is -0.145. The van der Waals surface area contributed by atoms with Crippen LogP contribution >= 0.6 is 0 Å². The number of carbonyl (C=O) groups is 2. The van der Waals surface area contributed by atoms with Crippen LogP contribution in [0.1, 0.15) is 57.8 Å². The van der Waals surface area contributed by atoms with Crippen molar-refractivity contribution >= 4 is 11.8 Å². The first-order chi connectivity index (χ1) is 10.1. The zero-order valence-electron chi connectivity index (χ0n) is 12.6. The van der Waals surface area contributed by atoms with Gasteiger partial charge >= 0.3 is 0 Å². The predicted octanol–water partition coefficient (Wildman–Crippen LogP) is 1.20. The molecule has 3 fully saturated rings. The summed E-state index contributed by atoms with van der Waals surface area (Å²) in [6.45, 7) is 0.572. The van der Waals surface area contributed by atoms with Crippen molar-refractivity contribution in [2.45, 2.75) is 69.4 Å². The third kappa shape index (κ3) is 2.93. The van der Waals surface area contributed by atoms with Crippen LogP contribution in [0.3, 0.4) is 0 Å². The van der Waals surface area contributed by atoms with Crippen LogP contribution in [0, 0.1) is 5.92 Å². The molecule has 2 saturated carbocycles. The lowest BCUT2D eigenvalue weighted by Gasteiger charge is -2.29. The fourth-order valence-corrected chi connectivity index (χ4v) is 4.21. The summed E-state index contributed by atoms with van der Waals surface area (Å²) in [6, 6.07) is 0.355. The fraction of sp³-hybridized carbons (Fsp3) is 0.875. The topological polar surface area (TPSA) is 69.6 Å². The maximum absolute atomic E-state index is 12.5. The van der Waals surface area contributed by atoms with E-state index in [-0.39, 0.29) is 24.3 Å². The molecule has 1 aliphatic heterocycles. The molecule has 21 heavy (non-hydrogen) atoms. The molecule has 0 aromatic rings. The first kappa shape index (κ1) is 14.8. The van der Waals surface area contributed by atoms with Crippen molar-refractivity contribution in [2.24, 2.45) is 5.92 Å². The van der Waals surface area contributed by atoms with Crippen LogP contribution in [-0.2, 0) is 9.59 Å². The molecule has 0 aromatic carbocycles. The van der Waals surface area contributed by atoms with E-state index in [9.17, 15) is 14.7 Å². The SMILES string of the molecule is O=C(NC1(CO)CCCC1)C1CC(=O)N(C2CCCC2)C1. The van der Waals surface area contributed by atoms with E-state index >= 15 is 0 Å². The number of rotatable bonds is 4. The van der Waals surface area contributed by atoms with Gasteiger partial charge in [0.05, 0.1) is 18.1 Å². The Morgan fingerprint density at radius 3 is 2.52 bits per heavy atom. The second-order valence-corrected chi connectivity index (χ2v) is 7.02. The summed E-state index contributed by atoms with van der Waals surface area (Å²) < 4.78 is 0. The highest BCUT2D eigenvalue weighted by Gasteiger charge is 2.42. The number of likely N-dealkylation sites (tertiary alicyclic amines) is 1. The van der Waals surface area contributed by atoms with Gasteiger partial charge in [-0.05, 0) is 25.7 Å². The Kier molecular flexibility index (Phi) is 4.20. The Balaban J connectivity index is 1.59. The minimum atomic E-state index is -0.430. The Morgan fingerprint density at radius 2 is 1.90 bits per heavy atom. The lowest BCUT2D eigenvalue weighted by molar-refractivity contribution is -0.130. The van der Waals surface area contributed by atoms with Crippen molar-refractivity contribution in [2.75, 3.05) is 13.2 Å². The Bertz CT molecular complexity index is 412. The highest BCUT2D eigenvalue weighted by Crippen LogP contribution is 2.32. The zero-order valence-corrected chi connectivity index (χ0v) is 12.6. The molecule has 5 nitrogen and oxygen atoms in total. The number of aliphatic hydroxyl groups excluding tert-OH is 1. The van der Waals surface area contributed by atoms with E-state index in [4.69, 9.17) is 0 Å². The molecule has 1 saturated heterocycles. The molecule has 2 N–H and O–H groups in total. The Morgan fingerprint density at radius 1 is 1.24 bits per heavy atom. The van der Waals surface area contributed by atoms with Gasteiger partial charge in [-0.2, -0.15) is 0 Å². The summed E-state index contributed by atoms with van der Waals surface area (Å²) in [7, 11) is 0. The van der Waals surface area contributed by atoms with E-state index in [1.807, 2.05) is 4.90 Å². The van der Waals surface area contributed by atoms with Gasteiger partial charge < -0.3 is 15.3 Å². The Hall–Kier alpha value is -1.10. The van der Waals surface area contributed by atoms with Crippen LogP contribution in [0.2, 0.25) is 0 Å². The van der Waals surface area contributed by atoms with Gasteiger partial charge in [0.1, 0.15) is 0 Å². The minimum absolute atomic E-state index is 0.00570. The van der Waals surface area contributed by atoms with Gasteiger partial charge in [-0.25, -0.2) is 0 Å². The summed E-state index contributed by atoms with van der Waals surface area (Å²) in [6.07, 6.45) is 8.70. The van der Waals surface area contributed by atoms with Crippen molar-refractivity contribution in [3.05, 3.63) is 0 Å². The molecule has 0 radical (unpaired) electrons. The molecule has 2 amide bonds. The summed E-state index contributed by atoms with van der Waals surface area (Å²) in [5.41, 5.74) is -0.430. The van der Waals surface area contributed by atoms with Gasteiger partial charge in [0.2, 0.25) is 11.8 Å². The van der Waals surface area contributed by atoms with E-state index in [1.54, 1.807) is 0 Å². The van der Waals surface area contributed by atoms with Crippen LogP contribution in [0.25, 0.3) is 0 Å². The lowest BCUT2D eigenvalue weighted by atomic mass is 9.97. The molecule has 3 aliphatic rings. The average molecular weight is 294 g/mol. The number of nitrogens with zero attached hydrogens (tertiary/aromatic N) is 1. The number of carbonyl (C=O) groups excluding carboxylic acids is 2. The highest BCUT2D eigenvalue weighted by molar-refractivity contribution is 5.89. The molecule has 1 unspecified atom stereocenters. The summed E-state index contributed by atoms with van der Waals surface area (Å²) in [4.78, 5) is 26.6. The van der Waals surface area contributed by atoms with E-state index in [2.05, 4.69) is 5.32 Å². The third-order valence-corrected chi connectivity index (χ3v) is 5.55. The average Bonchev–Trinajstić information content (AvgIpc) is 3.18. The molecule has 0 spiro atoms. The van der Waals surface area contributed by atoms with Crippen LogP contribution < -0.4 is 5.32 Å². The predicted molar refractivity (Wildman–Crippen MR) is 78.5 cm³/mol. The first-order valence-electron chi connectivity index (χ1n) is 8.36. The van der Waals surface area contributed by atoms with Gasteiger partial charge in [-0.1, -0.05) is 25.7 Å². The van der Waals surface area contributed by atoms with Crippen molar-refractivity contribution < 1.29 is 14.7 Å². The van der Waals surface area contributed by atoms with Gasteiger partial charge in [-0.15, -0.1) is 0 Å². The van der Waals surface area contributed by atoms with E-state index in [0.29, 0.717) is 19.0 Å². The normalized spacial score (nSPS) is 29.3. The van der Waals surface area contributed by atoms with Crippen molar-refractivity contribution in [1.29, 1.82) is 0 Å². The summed E-state index contributed by atoms with van der Waals surface area (Å²) >= 11 is 0. The van der Waals surface area contributed by atoms with Gasteiger partial charge in [0.25, 0.3) is 0 Å². The number of aliphatic hydroxyl groups is 1. The molecule has 0 bridgehead atoms. The van der Waals surface area contributed by atoms with Gasteiger partial charge in [0, 0.05) is 19.0 Å². The standard InChI is InChI=1S/C16H26N2O3/c19-11-16(7-3-4-8-16)17-15(21)12-9-14(20)18(10-12)13-5-1-2-6-13/h12-13,19H,1-11H2,(H,17,21). The number of nitrogens with one attached hydrogen (secondary N) is 1. The largest absolute Gasteiger partial charge is 0.394 e. The monoisotopic (exact) mass is 294 g/mol. The van der Waals surface area contributed by atoms with Crippen molar-refractivity contribution in [1.82, 2.24) is 10.2 Å². The van der Waals surface area contributed by atoms with Gasteiger partial charge in [-0.3, -0.25) is 9.59 Å². The second-order valence-electron chi connectivity index (χ2n) is 7.02. The molecule has 1 atom stereocenters. The molecule has 5 heteroatoms. The highest BCUT2D eigenvalue weighted by atomic mass is 16.3. The van der Waals surface area contributed by atoms with E-state index < -0.39 is 5.54 Å². The smallest absolute Gasteiger partial charge is 0.225 e. The lowest BCUT2D eigenvalue weighted by Crippen LogP contribution is -2.51. The molecular weight excluding hydrogens is 268 g/mol. The number of amides is 2. The van der Waals surface area contributed by atoms with E-state index in [0.717, 1.165) is 38.5 Å². The number of hydrogen-bond acceptors (Lipinski definition) is 3. The molecule has 2 aliphatic carbocycles. The van der Waals surface area contributed by atoms with Crippen LogP contribution in [0.5, 0.6) is 0 Å². The quantitative estimate of drug-likeness (QED) is 0.818. The third-order valence-electron chi connectivity index (χ3n) is 5.55. The van der Waals surface area contributed by atoms with Gasteiger partial charge in [0.15, 0.2) is 0 Å². The van der Waals surface area contributed by atoms with Crippen LogP contribution in [0.15, 0.2) is 0 Å². The number of hydrogen-bond donors (Lipinski definition) is 2. The Labute approximate surface area is 126 Å². The van der Waals surface area contributed by atoms with Crippen LogP contribution in [-0.4, -0.2) is 46.6 Å². The molecule has 0 aromatic heterocycles. The maximum Gasteiger partial charge on any atom is 0.225 e. The summed E-state index contributed by atoms with van der Waals surface area (Å²) in [5, 5.41) is 12.6. The molecular formula is C16H26N2O3. The van der Waals surface area contributed by atoms with Crippen molar-refractivity contribution in [3.8, 4) is 0 Å². The second kappa shape index (κ2) is 5.95. The minimum Gasteiger partial charge on any atom is -0.394 e. The molecule has 1 heterocycles. The zero-order chi connectivity index (χ0) is 14.9. The molecule has 3 rings (SSSR count). The van der Waals surface area contributed by atoms with E-state index in [1.165, 1.54) is 12.8 Å². The molecule has 118 valence electrons.